The van der Waals surface area contributed by atoms with Crippen LogP contribution in [0.5, 0.6) is 0 Å². The van der Waals surface area contributed by atoms with Gasteiger partial charge in [0.1, 0.15) is 0 Å². The summed E-state index contributed by atoms with van der Waals surface area (Å²) < 4.78 is 0. The van der Waals surface area contributed by atoms with Crippen molar-refractivity contribution in [2.75, 3.05) is 6.54 Å². The molecule has 1 aromatic carbocycles. The fraction of sp³-hybridized carbons (Fsp3) is 0.611. The Labute approximate surface area is 123 Å². The number of amides is 1. The highest BCUT2D eigenvalue weighted by atomic mass is 16.2. The fourth-order valence-electron chi connectivity index (χ4n) is 3.07. The van der Waals surface area contributed by atoms with Crippen molar-refractivity contribution < 1.29 is 4.79 Å². The number of hydrogen-bond donors (Lipinski definition) is 1. The van der Waals surface area contributed by atoms with Gasteiger partial charge in [0.25, 0.3) is 0 Å². The molecule has 1 aromatic rings. The SMILES string of the molecule is CC(C)(C)CNC(=O)C1(c2ccccc2)CCCCC1. The zero-order valence-electron chi connectivity index (χ0n) is 13.0. The minimum atomic E-state index is -0.301. The first-order chi connectivity index (χ1) is 9.44. The molecular formula is C18H27NO. The molecule has 1 N–H and O–H groups in total. The number of rotatable bonds is 3. The first-order valence-electron chi connectivity index (χ1n) is 7.78. The van der Waals surface area contributed by atoms with Gasteiger partial charge in [0.15, 0.2) is 0 Å². The Balaban J connectivity index is 2.21. The maximum absolute atomic E-state index is 12.9. The molecule has 1 aliphatic rings. The second-order valence-electron chi connectivity index (χ2n) is 7.25. The first kappa shape index (κ1) is 15.1. The quantitative estimate of drug-likeness (QED) is 0.884. The third-order valence-corrected chi connectivity index (χ3v) is 4.25. The third kappa shape index (κ3) is 3.41. The lowest BCUT2D eigenvalue weighted by molar-refractivity contribution is -0.128. The van der Waals surface area contributed by atoms with Crippen molar-refractivity contribution in [3.8, 4) is 0 Å². The van der Waals surface area contributed by atoms with Crippen molar-refractivity contribution in [3.63, 3.8) is 0 Å². The van der Waals surface area contributed by atoms with Crippen molar-refractivity contribution in [1.29, 1.82) is 0 Å². The summed E-state index contributed by atoms with van der Waals surface area (Å²) in [6.45, 7) is 7.20. The van der Waals surface area contributed by atoms with Crippen LogP contribution in [0.25, 0.3) is 0 Å². The van der Waals surface area contributed by atoms with Gasteiger partial charge in [-0.2, -0.15) is 0 Å². The van der Waals surface area contributed by atoms with E-state index in [2.05, 4.69) is 38.2 Å². The van der Waals surface area contributed by atoms with Crippen LogP contribution in [0.4, 0.5) is 0 Å². The van der Waals surface area contributed by atoms with Crippen LogP contribution in [-0.2, 0) is 10.2 Å². The lowest BCUT2D eigenvalue weighted by atomic mass is 9.68. The van der Waals surface area contributed by atoms with Gasteiger partial charge in [0.2, 0.25) is 5.91 Å². The summed E-state index contributed by atoms with van der Waals surface area (Å²) in [5.41, 5.74) is 1.01. The first-order valence-corrected chi connectivity index (χ1v) is 7.78. The lowest BCUT2D eigenvalue weighted by Crippen LogP contribution is -2.47. The Kier molecular flexibility index (Phi) is 4.52. The minimum Gasteiger partial charge on any atom is -0.355 e. The third-order valence-electron chi connectivity index (χ3n) is 4.25. The summed E-state index contributed by atoms with van der Waals surface area (Å²) >= 11 is 0. The van der Waals surface area contributed by atoms with E-state index in [0.29, 0.717) is 0 Å². The zero-order chi connectivity index (χ0) is 14.6. The van der Waals surface area contributed by atoms with Gasteiger partial charge in [-0.1, -0.05) is 70.4 Å². The summed E-state index contributed by atoms with van der Waals surface area (Å²) in [6, 6.07) is 10.3. The Bertz CT molecular complexity index is 438. The van der Waals surface area contributed by atoms with Gasteiger partial charge in [-0.25, -0.2) is 0 Å². The second-order valence-corrected chi connectivity index (χ2v) is 7.25. The van der Waals surface area contributed by atoms with Gasteiger partial charge in [-0.3, -0.25) is 4.79 Å². The predicted octanol–water partition coefficient (Wildman–Crippen LogP) is 4.05. The van der Waals surface area contributed by atoms with E-state index in [0.717, 1.165) is 32.2 Å². The average Bonchev–Trinajstić information content (AvgIpc) is 2.45. The maximum Gasteiger partial charge on any atom is 0.230 e. The molecule has 1 saturated carbocycles. The van der Waals surface area contributed by atoms with Crippen molar-refractivity contribution >= 4 is 5.91 Å². The van der Waals surface area contributed by atoms with Crippen LogP contribution in [0, 0.1) is 5.41 Å². The van der Waals surface area contributed by atoms with Crippen LogP contribution in [-0.4, -0.2) is 12.5 Å². The molecule has 110 valence electrons. The molecule has 0 spiro atoms. The average molecular weight is 273 g/mol. The molecule has 1 amide bonds. The van der Waals surface area contributed by atoms with Gasteiger partial charge in [-0.05, 0) is 23.8 Å². The van der Waals surface area contributed by atoms with Gasteiger partial charge < -0.3 is 5.32 Å². The van der Waals surface area contributed by atoms with Gasteiger partial charge in [0, 0.05) is 6.54 Å². The smallest absolute Gasteiger partial charge is 0.230 e. The van der Waals surface area contributed by atoms with E-state index in [9.17, 15) is 4.79 Å². The molecule has 1 fully saturated rings. The van der Waals surface area contributed by atoms with Gasteiger partial charge >= 0.3 is 0 Å². The standard InChI is InChI=1S/C18H27NO/c1-17(2,3)14-19-16(20)18(12-8-5-9-13-18)15-10-6-4-7-11-15/h4,6-7,10-11H,5,8-9,12-14H2,1-3H3,(H,19,20). The summed E-state index contributed by atoms with van der Waals surface area (Å²) in [5, 5.41) is 3.19. The predicted molar refractivity (Wildman–Crippen MR) is 83.7 cm³/mol. The molecule has 0 aliphatic heterocycles. The molecule has 0 bridgehead atoms. The number of nitrogens with one attached hydrogen (secondary N) is 1. The topological polar surface area (TPSA) is 29.1 Å². The van der Waals surface area contributed by atoms with Crippen molar-refractivity contribution in [2.45, 2.75) is 58.3 Å². The molecule has 2 nitrogen and oxygen atoms in total. The molecule has 0 atom stereocenters. The van der Waals surface area contributed by atoms with E-state index in [-0.39, 0.29) is 16.7 Å². The lowest BCUT2D eigenvalue weighted by Gasteiger charge is -2.37. The van der Waals surface area contributed by atoms with Gasteiger partial charge in [-0.15, -0.1) is 0 Å². The van der Waals surface area contributed by atoms with Crippen LogP contribution in [0.15, 0.2) is 30.3 Å². The van der Waals surface area contributed by atoms with E-state index >= 15 is 0 Å². The molecule has 1 aliphatic carbocycles. The Morgan fingerprint density at radius 3 is 2.25 bits per heavy atom. The summed E-state index contributed by atoms with van der Waals surface area (Å²) in [6.07, 6.45) is 5.51. The maximum atomic E-state index is 12.9. The summed E-state index contributed by atoms with van der Waals surface area (Å²) in [5.74, 6) is 0.221. The number of hydrogen-bond acceptors (Lipinski definition) is 1. The largest absolute Gasteiger partial charge is 0.355 e. The van der Waals surface area contributed by atoms with Gasteiger partial charge in [0.05, 0.1) is 5.41 Å². The number of benzene rings is 1. The van der Waals surface area contributed by atoms with Crippen LogP contribution >= 0.6 is 0 Å². The highest BCUT2D eigenvalue weighted by Crippen LogP contribution is 2.39. The monoisotopic (exact) mass is 273 g/mol. The molecule has 2 rings (SSSR count). The zero-order valence-corrected chi connectivity index (χ0v) is 13.0. The molecule has 0 unspecified atom stereocenters. The van der Waals surface area contributed by atoms with Crippen LogP contribution in [0.3, 0.4) is 0 Å². The second kappa shape index (κ2) is 5.99. The minimum absolute atomic E-state index is 0.127. The highest BCUT2D eigenvalue weighted by Gasteiger charge is 2.41. The van der Waals surface area contributed by atoms with E-state index in [4.69, 9.17) is 0 Å². The Hall–Kier alpha value is -1.31. The number of carbonyl (C=O) groups excluding carboxylic acids is 1. The Morgan fingerprint density at radius 1 is 1.10 bits per heavy atom. The van der Waals surface area contributed by atoms with Crippen LogP contribution in [0.2, 0.25) is 0 Å². The molecule has 0 aromatic heterocycles. The fourth-order valence-corrected chi connectivity index (χ4v) is 3.07. The van der Waals surface area contributed by atoms with E-state index in [1.807, 2.05) is 18.2 Å². The number of carbonyl (C=O) groups is 1. The molecule has 0 radical (unpaired) electrons. The van der Waals surface area contributed by atoms with E-state index in [1.165, 1.54) is 12.0 Å². The summed E-state index contributed by atoms with van der Waals surface area (Å²) in [7, 11) is 0. The summed E-state index contributed by atoms with van der Waals surface area (Å²) in [4.78, 5) is 12.9. The molecular weight excluding hydrogens is 246 g/mol. The molecule has 2 heteroatoms. The van der Waals surface area contributed by atoms with Crippen LogP contribution < -0.4 is 5.32 Å². The molecule has 0 saturated heterocycles. The Morgan fingerprint density at radius 2 is 1.70 bits per heavy atom. The van der Waals surface area contributed by atoms with Crippen molar-refractivity contribution in [2.24, 2.45) is 5.41 Å². The van der Waals surface area contributed by atoms with Crippen molar-refractivity contribution in [3.05, 3.63) is 35.9 Å². The molecule has 20 heavy (non-hydrogen) atoms. The highest BCUT2D eigenvalue weighted by molar-refractivity contribution is 5.88. The van der Waals surface area contributed by atoms with E-state index < -0.39 is 0 Å². The van der Waals surface area contributed by atoms with E-state index in [1.54, 1.807) is 0 Å². The van der Waals surface area contributed by atoms with Crippen molar-refractivity contribution in [1.82, 2.24) is 5.32 Å². The van der Waals surface area contributed by atoms with Crippen LogP contribution in [0.1, 0.15) is 58.4 Å². The molecule has 0 heterocycles. The normalized spacial score (nSPS) is 18.6.